The summed E-state index contributed by atoms with van der Waals surface area (Å²) in [5.74, 6) is -1.46. The molecule has 7 nitrogen and oxygen atoms in total. The van der Waals surface area contributed by atoms with Crippen molar-refractivity contribution >= 4 is 6.21 Å². The number of hydrogen-bond donors (Lipinski definition) is 0. The number of fused-ring (bicyclic) bond motifs is 1. The molecule has 3 fully saturated rings. The van der Waals surface area contributed by atoms with Gasteiger partial charge in [0.05, 0.1) is 6.61 Å². The third-order valence-corrected chi connectivity index (χ3v) is 4.79. The molecule has 3 heterocycles. The predicted molar refractivity (Wildman–Crippen MR) is 92.6 cm³/mol. The molecule has 142 valence electrons. The third-order valence-electron chi connectivity index (χ3n) is 4.79. The normalized spacial score (nSPS) is 38.5. The summed E-state index contributed by atoms with van der Waals surface area (Å²) in [4.78, 5) is 0. The Bertz CT molecular complexity index is 689. The molecule has 3 saturated heterocycles. The minimum atomic E-state index is -0.806. The maximum atomic E-state index is 12.8. The molecule has 0 spiro atoms. The van der Waals surface area contributed by atoms with Gasteiger partial charge in [-0.2, -0.15) is 4.74 Å². The summed E-state index contributed by atoms with van der Waals surface area (Å²) < 4.78 is 30.5. The number of hydrogen-bond acceptors (Lipinski definition) is 6. The Morgan fingerprint density at radius 2 is 1.65 bits per heavy atom. The van der Waals surface area contributed by atoms with Crippen molar-refractivity contribution in [3.63, 3.8) is 0 Å². The zero-order valence-electron chi connectivity index (χ0n) is 15.5. The van der Waals surface area contributed by atoms with Crippen molar-refractivity contribution in [3.05, 3.63) is 41.1 Å². The highest BCUT2D eigenvalue weighted by atomic mass is 16.8. The molecule has 0 aromatic heterocycles. The Labute approximate surface area is 153 Å². The van der Waals surface area contributed by atoms with Gasteiger partial charge in [-0.3, -0.25) is 0 Å². The van der Waals surface area contributed by atoms with E-state index in [-0.39, 0.29) is 6.10 Å². The van der Waals surface area contributed by atoms with Crippen LogP contribution >= 0.6 is 0 Å². The first-order valence-corrected chi connectivity index (χ1v) is 8.92. The van der Waals surface area contributed by atoms with Crippen molar-refractivity contribution in [1.82, 2.24) is 0 Å². The molecule has 0 bridgehead atoms. The van der Waals surface area contributed by atoms with Gasteiger partial charge in [0.2, 0.25) is 0 Å². The third kappa shape index (κ3) is 3.37. The van der Waals surface area contributed by atoms with E-state index in [9.17, 15) is 5.21 Å². The first kappa shape index (κ1) is 17.9. The summed E-state index contributed by atoms with van der Waals surface area (Å²) in [5, 5.41) is 12.8. The molecular formula is C19H25NO6. The van der Waals surface area contributed by atoms with Crippen molar-refractivity contribution in [2.24, 2.45) is 0 Å². The maximum absolute atomic E-state index is 12.8. The quantitative estimate of drug-likeness (QED) is 0.354. The number of hydroxylamine groups is 1. The lowest BCUT2D eigenvalue weighted by molar-refractivity contribution is -0.562. The summed E-state index contributed by atoms with van der Waals surface area (Å²) in [6, 6.07) is 9.39. The molecule has 0 aliphatic carbocycles. The lowest BCUT2D eigenvalue weighted by atomic mass is 10.1. The fourth-order valence-corrected chi connectivity index (χ4v) is 3.75. The summed E-state index contributed by atoms with van der Waals surface area (Å²) in [5.41, 5.74) is 0.797. The summed E-state index contributed by atoms with van der Waals surface area (Å²) in [6.45, 7) is 7.78. The number of rotatable bonds is 3. The fraction of sp³-hybridized carbons (Fsp3) is 0.632. The SMILES string of the molecule is CC1(C)O[C@@H]2[C@H](O1)[C@H](/[N+]([O-])=C/c1ccccc1)O[C@@H]2[C@H]1COC(C)(C)O1. The summed E-state index contributed by atoms with van der Waals surface area (Å²) in [7, 11) is 0. The van der Waals surface area contributed by atoms with Gasteiger partial charge in [-0.25, -0.2) is 0 Å². The second-order valence-corrected chi connectivity index (χ2v) is 7.82. The van der Waals surface area contributed by atoms with Crippen LogP contribution < -0.4 is 0 Å². The van der Waals surface area contributed by atoms with Crippen LogP contribution in [-0.2, 0) is 23.7 Å². The van der Waals surface area contributed by atoms with Crippen molar-refractivity contribution < 1.29 is 28.4 Å². The molecule has 26 heavy (non-hydrogen) atoms. The molecule has 1 aromatic carbocycles. The van der Waals surface area contributed by atoms with E-state index < -0.39 is 36.1 Å². The Morgan fingerprint density at radius 3 is 2.31 bits per heavy atom. The van der Waals surface area contributed by atoms with Gasteiger partial charge >= 0.3 is 0 Å². The topological polar surface area (TPSA) is 72.2 Å². The lowest BCUT2D eigenvalue weighted by Crippen LogP contribution is -2.40. The van der Waals surface area contributed by atoms with Gasteiger partial charge in [0.25, 0.3) is 6.23 Å². The highest BCUT2D eigenvalue weighted by Crippen LogP contribution is 2.42. The van der Waals surface area contributed by atoms with E-state index in [2.05, 4.69) is 0 Å². The zero-order valence-corrected chi connectivity index (χ0v) is 15.5. The molecule has 3 aliphatic rings. The smallest absolute Gasteiger partial charge is 0.297 e. The summed E-state index contributed by atoms with van der Waals surface area (Å²) in [6.07, 6.45) is -0.939. The molecule has 4 rings (SSSR count). The predicted octanol–water partition coefficient (Wildman–Crippen LogP) is 2.01. The zero-order chi connectivity index (χ0) is 18.5. The minimum Gasteiger partial charge on any atom is -0.622 e. The van der Waals surface area contributed by atoms with E-state index in [0.717, 1.165) is 10.3 Å². The number of benzene rings is 1. The van der Waals surface area contributed by atoms with Gasteiger partial charge in [-0.15, -0.1) is 0 Å². The van der Waals surface area contributed by atoms with Crippen LogP contribution in [0, 0.1) is 5.21 Å². The van der Waals surface area contributed by atoms with Gasteiger partial charge in [0, 0.05) is 5.56 Å². The molecule has 5 atom stereocenters. The molecule has 7 heteroatoms. The average molecular weight is 363 g/mol. The largest absolute Gasteiger partial charge is 0.622 e. The fourth-order valence-electron chi connectivity index (χ4n) is 3.75. The van der Waals surface area contributed by atoms with E-state index in [4.69, 9.17) is 23.7 Å². The Kier molecular flexibility index (Phi) is 4.32. The molecule has 0 amide bonds. The molecule has 0 N–H and O–H groups in total. The van der Waals surface area contributed by atoms with E-state index in [0.29, 0.717) is 6.61 Å². The van der Waals surface area contributed by atoms with Crippen LogP contribution in [0.1, 0.15) is 33.3 Å². The number of ether oxygens (including phenoxy) is 5. The molecule has 0 radical (unpaired) electrons. The highest BCUT2D eigenvalue weighted by Gasteiger charge is 2.62. The van der Waals surface area contributed by atoms with Crippen LogP contribution in [0.25, 0.3) is 0 Å². The highest BCUT2D eigenvalue weighted by molar-refractivity contribution is 5.75. The van der Waals surface area contributed by atoms with Crippen molar-refractivity contribution in [2.45, 2.75) is 69.9 Å². The number of nitrogens with zero attached hydrogens (tertiary/aromatic N) is 1. The van der Waals surface area contributed by atoms with Gasteiger partial charge in [-0.05, 0) is 39.8 Å². The van der Waals surface area contributed by atoms with Crippen molar-refractivity contribution in [1.29, 1.82) is 0 Å². The monoisotopic (exact) mass is 363 g/mol. The van der Waals surface area contributed by atoms with Crippen LogP contribution in [0.15, 0.2) is 30.3 Å². The first-order chi connectivity index (χ1) is 12.2. The van der Waals surface area contributed by atoms with E-state index in [1.807, 2.05) is 58.0 Å². The minimum absolute atomic E-state index is 0.315. The van der Waals surface area contributed by atoms with Crippen molar-refractivity contribution in [2.75, 3.05) is 6.61 Å². The molecule has 0 saturated carbocycles. The van der Waals surface area contributed by atoms with Crippen LogP contribution in [-0.4, -0.2) is 59.8 Å². The first-order valence-electron chi connectivity index (χ1n) is 8.92. The van der Waals surface area contributed by atoms with Crippen molar-refractivity contribution in [3.8, 4) is 0 Å². The second kappa shape index (κ2) is 6.28. The molecule has 1 aromatic rings. The van der Waals surface area contributed by atoms with Gasteiger partial charge < -0.3 is 28.9 Å². The molecular weight excluding hydrogens is 338 g/mol. The summed E-state index contributed by atoms with van der Waals surface area (Å²) >= 11 is 0. The van der Waals surface area contributed by atoms with Gasteiger partial charge in [0.1, 0.15) is 18.3 Å². The lowest BCUT2D eigenvalue weighted by Gasteiger charge is -2.26. The maximum Gasteiger partial charge on any atom is 0.297 e. The van der Waals surface area contributed by atoms with Gasteiger partial charge in [0.15, 0.2) is 23.9 Å². The average Bonchev–Trinajstić information content (AvgIpc) is 3.18. The van der Waals surface area contributed by atoms with Crippen LogP contribution in [0.5, 0.6) is 0 Å². The second-order valence-electron chi connectivity index (χ2n) is 7.82. The van der Waals surface area contributed by atoms with Gasteiger partial charge in [-0.1, -0.05) is 18.2 Å². The van der Waals surface area contributed by atoms with Crippen LogP contribution in [0.4, 0.5) is 0 Å². The standard InChI is InChI=1S/C19H25NO6/c1-18(2)22-11-13(24-18)14-15-16(26-19(3,4)25-15)17(23-14)20(21)10-12-8-6-5-7-9-12/h5-10,13-17H,11H2,1-4H3/b20-10-/t13-,14-,15+,16+,17-/m1/s1. The Morgan fingerprint density at radius 1 is 0.962 bits per heavy atom. The molecule has 0 unspecified atom stereocenters. The Hall–Kier alpha value is -1.51. The van der Waals surface area contributed by atoms with Crippen LogP contribution in [0.2, 0.25) is 0 Å². The van der Waals surface area contributed by atoms with E-state index >= 15 is 0 Å². The molecule has 3 aliphatic heterocycles. The van der Waals surface area contributed by atoms with Crippen LogP contribution in [0.3, 0.4) is 0 Å². The Balaban J connectivity index is 1.59. The van der Waals surface area contributed by atoms with E-state index in [1.54, 1.807) is 0 Å². The van der Waals surface area contributed by atoms with E-state index in [1.165, 1.54) is 6.21 Å².